The monoisotopic (exact) mass is 670 g/mol. The van der Waals surface area contributed by atoms with E-state index in [1.54, 1.807) is 7.11 Å². The van der Waals surface area contributed by atoms with Gasteiger partial charge in [0.15, 0.2) is 0 Å². The number of amides is 2. The van der Waals surface area contributed by atoms with Gasteiger partial charge in [0, 0.05) is 54.5 Å². The third-order valence-corrected chi connectivity index (χ3v) is 12.0. The molecule has 0 spiro atoms. The van der Waals surface area contributed by atoms with Crippen molar-refractivity contribution in [3.63, 3.8) is 0 Å². The van der Waals surface area contributed by atoms with Gasteiger partial charge in [-0.25, -0.2) is 4.79 Å². The Kier molecular flexibility index (Phi) is 10.3. The summed E-state index contributed by atoms with van der Waals surface area (Å²) in [6.07, 6.45) is 13.7. The SMILES string of the molecule is COc1ccc(C2CCC(CN(C(=O)C3CCC(OC(=O)N4CCSCC4)CC3)c3cccc(-c4cnn(C5CC5)c4)c3)CC2)cc1C. The molecule has 1 saturated heterocycles. The van der Waals surface area contributed by atoms with E-state index in [9.17, 15) is 9.59 Å². The Morgan fingerprint density at radius 3 is 2.40 bits per heavy atom. The number of ether oxygens (including phenoxy) is 2. The van der Waals surface area contributed by atoms with Crippen molar-refractivity contribution in [3.05, 3.63) is 66.0 Å². The second-order valence-electron chi connectivity index (χ2n) is 14.3. The summed E-state index contributed by atoms with van der Waals surface area (Å²) in [7, 11) is 1.73. The van der Waals surface area contributed by atoms with Crippen LogP contribution in [0.4, 0.5) is 10.5 Å². The van der Waals surface area contributed by atoms with Gasteiger partial charge in [-0.2, -0.15) is 16.9 Å². The standard InChI is InChI=1S/C39H50N4O4S/c1-27-22-32(12-17-37(27)46-2)29-8-6-28(7-9-29)25-42(35-5-3-4-31(23-35)33-24-40-43(26-33)34-13-14-34)38(44)30-10-15-36(16-11-30)47-39(45)41-18-20-48-21-19-41/h3-5,12,17,22-24,26,28-30,34,36H,6-11,13-16,18-21,25H2,1-2H3. The number of aromatic nitrogens is 2. The van der Waals surface area contributed by atoms with E-state index in [2.05, 4.69) is 70.3 Å². The summed E-state index contributed by atoms with van der Waals surface area (Å²) >= 11 is 1.88. The predicted molar refractivity (Wildman–Crippen MR) is 192 cm³/mol. The molecule has 1 aliphatic heterocycles. The Bertz CT molecular complexity index is 1570. The van der Waals surface area contributed by atoms with Crippen LogP contribution in [0.25, 0.3) is 11.1 Å². The molecule has 48 heavy (non-hydrogen) atoms. The number of aryl methyl sites for hydroxylation is 1. The van der Waals surface area contributed by atoms with Crippen molar-refractivity contribution in [3.8, 4) is 16.9 Å². The first-order chi connectivity index (χ1) is 23.4. The Morgan fingerprint density at radius 2 is 1.69 bits per heavy atom. The number of anilines is 1. The van der Waals surface area contributed by atoms with Gasteiger partial charge in [-0.3, -0.25) is 9.48 Å². The minimum Gasteiger partial charge on any atom is -0.496 e. The van der Waals surface area contributed by atoms with E-state index in [0.717, 1.165) is 105 Å². The van der Waals surface area contributed by atoms with Gasteiger partial charge in [-0.15, -0.1) is 0 Å². The largest absolute Gasteiger partial charge is 0.496 e. The van der Waals surface area contributed by atoms with Gasteiger partial charge in [-0.1, -0.05) is 24.3 Å². The van der Waals surface area contributed by atoms with Gasteiger partial charge in [0.25, 0.3) is 0 Å². The summed E-state index contributed by atoms with van der Waals surface area (Å²) in [4.78, 5) is 31.1. The maximum absolute atomic E-state index is 14.5. The number of benzene rings is 2. The Morgan fingerprint density at radius 1 is 0.917 bits per heavy atom. The molecule has 7 rings (SSSR count). The first kappa shape index (κ1) is 33.1. The molecule has 4 aliphatic rings. The predicted octanol–water partition coefficient (Wildman–Crippen LogP) is 8.25. The lowest BCUT2D eigenvalue weighted by molar-refractivity contribution is -0.124. The van der Waals surface area contributed by atoms with Crippen LogP contribution in [0.15, 0.2) is 54.9 Å². The number of carbonyl (C=O) groups is 2. The number of hydrogen-bond donors (Lipinski definition) is 0. The lowest BCUT2D eigenvalue weighted by Crippen LogP contribution is -2.43. The summed E-state index contributed by atoms with van der Waals surface area (Å²) in [6.45, 7) is 4.37. The van der Waals surface area contributed by atoms with Crippen LogP contribution in [-0.2, 0) is 9.53 Å². The van der Waals surface area contributed by atoms with E-state index in [1.165, 1.54) is 24.0 Å². The lowest BCUT2D eigenvalue weighted by atomic mass is 9.78. The van der Waals surface area contributed by atoms with E-state index >= 15 is 0 Å². The summed E-state index contributed by atoms with van der Waals surface area (Å²) in [5.74, 6) is 4.03. The summed E-state index contributed by atoms with van der Waals surface area (Å²) in [5, 5.41) is 4.62. The second-order valence-corrected chi connectivity index (χ2v) is 15.6. The zero-order valence-corrected chi connectivity index (χ0v) is 29.3. The molecule has 2 heterocycles. The average Bonchev–Trinajstić information content (AvgIpc) is 3.87. The van der Waals surface area contributed by atoms with E-state index in [-0.39, 0.29) is 24.0 Å². The smallest absolute Gasteiger partial charge is 0.410 e. The molecule has 9 heteroatoms. The van der Waals surface area contributed by atoms with Crippen LogP contribution in [0.5, 0.6) is 5.75 Å². The van der Waals surface area contributed by atoms with E-state index in [4.69, 9.17) is 9.47 Å². The van der Waals surface area contributed by atoms with Crippen molar-refractivity contribution >= 4 is 29.4 Å². The Labute approximate surface area is 289 Å². The van der Waals surface area contributed by atoms with Crippen molar-refractivity contribution < 1.29 is 19.1 Å². The highest BCUT2D eigenvalue weighted by atomic mass is 32.2. The molecular formula is C39H50N4O4S. The fourth-order valence-electron chi connectivity index (χ4n) is 7.91. The van der Waals surface area contributed by atoms with Crippen LogP contribution in [0.1, 0.15) is 87.3 Å². The lowest BCUT2D eigenvalue weighted by Gasteiger charge is -2.36. The van der Waals surface area contributed by atoms with Crippen molar-refractivity contribution in [1.82, 2.24) is 14.7 Å². The zero-order chi connectivity index (χ0) is 33.0. The molecule has 2 amide bonds. The minimum atomic E-state index is -0.186. The Hall–Kier alpha value is -3.46. The summed E-state index contributed by atoms with van der Waals surface area (Å²) in [5.41, 5.74) is 5.76. The third-order valence-electron chi connectivity index (χ3n) is 11.0. The van der Waals surface area contributed by atoms with Gasteiger partial charge >= 0.3 is 6.09 Å². The number of thioether (sulfide) groups is 1. The van der Waals surface area contributed by atoms with Crippen molar-refractivity contribution in [2.24, 2.45) is 11.8 Å². The fraction of sp³-hybridized carbons (Fsp3) is 0.564. The fourth-order valence-corrected chi connectivity index (χ4v) is 8.81. The molecule has 8 nitrogen and oxygen atoms in total. The van der Waals surface area contributed by atoms with E-state index in [0.29, 0.717) is 17.9 Å². The maximum Gasteiger partial charge on any atom is 0.410 e. The molecule has 0 radical (unpaired) electrons. The van der Waals surface area contributed by atoms with Gasteiger partial charge in [0.05, 0.1) is 19.3 Å². The maximum atomic E-state index is 14.5. The molecule has 3 aliphatic carbocycles. The molecule has 0 atom stereocenters. The highest BCUT2D eigenvalue weighted by molar-refractivity contribution is 7.99. The summed E-state index contributed by atoms with van der Waals surface area (Å²) in [6, 6.07) is 15.6. The van der Waals surface area contributed by atoms with Crippen LogP contribution in [0, 0.1) is 18.8 Å². The van der Waals surface area contributed by atoms with Crippen LogP contribution < -0.4 is 9.64 Å². The molecule has 3 aromatic rings. The van der Waals surface area contributed by atoms with Crippen molar-refractivity contribution in [2.75, 3.05) is 43.1 Å². The van der Waals surface area contributed by atoms with Gasteiger partial charge in [-0.05, 0) is 118 Å². The normalized spacial score (nSPS) is 24.6. The van der Waals surface area contributed by atoms with Gasteiger partial charge in [0.2, 0.25) is 5.91 Å². The molecule has 2 aromatic carbocycles. The Balaban J connectivity index is 1.04. The van der Waals surface area contributed by atoms with Crippen LogP contribution in [0.2, 0.25) is 0 Å². The number of nitrogens with zero attached hydrogens (tertiary/aromatic N) is 4. The number of methoxy groups -OCH3 is 1. The van der Waals surface area contributed by atoms with Crippen LogP contribution >= 0.6 is 11.8 Å². The molecule has 4 fully saturated rings. The van der Waals surface area contributed by atoms with Crippen LogP contribution in [-0.4, -0.2) is 71.0 Å². The topological polar surface area (TPSA) is 76.9 Å². The molecule has 0 bridgehead atoms. The summed E-state index contributed by atoms with van der Waals surface area (Å²) < 4.78 is 13.5. The van der Waals surface area contributed by atoms with Gasteiger partial charge < -0.3 is 19.3 Å². The van der Waals surface area contributed by atoms with Gasteiger partial charge in [0.1, 0.15) is 11.9 Å². The van der Waals surface area contributed by atoms with E-state index in [1.807, 2.05) is 22.9 Å². The number of carbonyl (C=O) groups excluding carboxylic acids is 2. The average molecular weight is 671 g/mol. The van der Waals surface area contributed by atoms with E-state index < -0.39 is 0 Å². The van der Waals surface area contributed by atoms with Crippen molar-refractivity contribution in [2.45, 2.75) is 89.2 Å². The number of rotatable bonds is 9. The quantitative estimate of drug-likeness (QED) is 0.228. The van der Waals surface area contributed by atoms with Crippen LogP contribution in [0.3, 0.4) is 0 Å². The first-order valence-electron chi connectivity index (χ1n) is 18.1. The third kappa shape index (κ3) is 7.72. The minimum absolute atomic E-state index is 0.0637. The molecule has 0 N–H and O–H groups in total. The zero-order valence-electron chi connectivity index (χ0n) is 28.5. The van der Waals surface area contributed by atoms with Crippen molar-refractivity contribution in [1.29, 1.82) is 0 Å². The molecule has 3 saturated carbocycles. The molecule has 0 unspecified atom stereocenters. The molecular weight excluding hydrogens is 621 g/mol. The first-order valence-corrected chi connectivity index (χ1v) is 19.2. The molecule has 1 aromatic heterocycles. The molecule has 256 valence electrons. The second kappa shape index (κ2) is 15.0. The number of hydrogen-bond acceptors (Lipinski definition) is 6. The highest BCUT2D eigenvalue weighted by Gasteiger charge is 2.34. The highest BCUT2D eigenvalue weighted by Crippen LogP contribution is 2.40.